The molecule has 1 saturated heterocycles. The van der Waals surface area contributed by atoms with Crippen LogP contribution in [0.5, 0.6) is 0 Å². The Bertz CT molecular complexity index is 520. The second-order valence-corrected chi connectivity index (χ2v) is 6.89. The fourth-order valence-electron chi connectivity index (χ4n) is 3.31. The summed E-state index contributed by atoms with van der Waals surface area (Å²) in [5.41, 5.74) is 1.62. The minimum atomic E-state index is 0. The molecule has 18 heavy (non-hydrogen) atoms. The van der Waals surface area contributed by atoms with Crippen LogP contribution >= 0.6 is 39.7 Å². The van der Waals surface area contributed by atoms with Crippen molar-refractivity contribution >= 4 is 39.7 Å². The highest BCUT2D eigenvalue weighted by Gasteiger charge is 2.37. The fourth-order valence-corrected chi connectivity index (χ4v) is 5.28. The van der Waals surface area contributed by atoms with Gasteiger partial charge in [-0.1, -0.05) is 6.07 Å². The molecule has 2 aliphatic rings. The van der Waals surface area contributed by atoms with E-state index in [9.17, 15) is 0 Å². The Morgan fingerprint density at radius 1 is 1.17 bits per heavy atom. The van der Waals surface area contributed by atoms with Crippen LogP contribution in [0.25, 0.3) is 0 Å². The molecule has 0 aliphatic carbocycles. The average Bonchev–Trinajstić information content (AvgIpc) is 3.09. The summed E-state index contributed by atoms with van der Waals surface area (Å²) in [6, 6.07) is 7.58. The van der Waals surface area contributed by atoms with Crippen LogP contribution in [0.15, 0.2) is 29.0 Å². The summed E-state index contributed by atoms with van der Waals surface area (Å²) in [4.78, 5) is 5.87. The number of halogens is 1. The molecular weight excluding hydrogens is 326 g/mol. The van der Waals surface area contributed by atoms with Crippen LogP contribution < -0.4 is 0 Å². The van der Waals surface area contributed by atoms with Crippen molar-refractivity contribution in [3.8, 4) is 0 Å². The van der Waals surface area contributed by atoms with Gasteiger partial charge in [-0.25, -0.2) is 0 Å². The third-order valence-corrected chi connectivity index (χ3v) is 6.10. The molecule has 0 amide bonds. The van der Waals surface area contributed by atoms with Crippen molar-refractivity contribution in [2.24, 2.45) is 0 Å². The van der Waals surface area contributed by atoms with Crippen LogP contribution in [0.1, 0.15) is 40.1 Å². The third-order valence-electron chi connectivity index (χ3n) is 4.07. The quantitative estimate of drug-likeness (QED) is 0.728. The van der Waals surface area contributed by atoms with Crippen LogP contribution in [0.4, 0.5) is 0 Å². The lowest BCUT2D eigenvalue weighted by Gasteiger charge is -2.34. The molecule has 0 N–H and O–H groups in total. The highest BCUT2D eigenvalue weighted by Crippen LogP contribution is 2.47. The van der Waals surface area contributed by atoms with E-state index in [4.69, 9.17) is 0 Å². The Kier molecular flexibility index (Phi) is 3.63. The van der Waals surface area contributed by atoms with Crippen molar-refractivity contribution in [1.29, 1.82) is 0 Å². The SMILES string of the molecule is Br.c1csc([C@@H]2CN3CCC[C@H]3c3ccsc32)c1. The molecule has 4 rings (SSSR count). The first kappa shape index (κ1) is 12.9. The van der Waals surface area contributed by atoms with Gasteiger partial charge in [0.15, 0.2) is 0 Å². The summed E-state index contributed by atoms with van der Waals surface area (Å²) in [6.07, 6.45) is 2.73. The molecule has 96 valence electrons. The van der Waals surface area contributed by atoms with E-state index in [0.717, 1.165) is 6.04 Å². The molecule has 2 aliphatic heterocycles. The van der Waals surface area contributed by atoms with Crippen molar-refractivity contribution in [1.82, 2.24) is 4.90 Å². The average molecular weight is 342 g/mol. The summed E-state index contributed by atoms with van der Waals surface area (Å²) in [5.74, 6) is 0.638. The van der Waals surface area contributed by atoms with Crippen molar-refractivity contribution in [3.05, 3.63) is 44.3 Å². The summed E-state index contributed by atoms with van der Waals surface area (Å²) < 4.78 is 0. The van der Waals surface area contributed by atoms with Gasteiger partial charge in [0.05, 0.1) is 0 Å². The van der Waals surface area contributed by atoms with E-state index < -0.39 is 0 Å². The molecule has 1 fully saturated rings. The van der Waals surface area contributed by atoms with Crippen molar-refractivity contribution in [3.63, 3.8) is 0 Å². The van der Waals surface area contributed by atoms with Crippen LogP contribution in [0, 0.1) is 0 Å². The van der Waals surface area contributed by atoms with Crippen LogP contribution in [0.2, 0.25) is 0 Å². The predicted octanol–water partition coefficient (Wildman–Crippen LogP) is 4.67. The topological polar surface area (TPSA) is 3.24 Å². The lowest BCUT2D eigenvalue weighted by atomic mass is 9.92. The van der Waals surface area contributed by atoms with Gasteiger partial charge in [0.2, 0.25) is 0 Å². The first-order valence-corrected chi connectivity index (χ1v) is 8.04. The molecule has 0 bridgehead atoms. The van der Waals surface area contributed by atoms with E-state index in [-0.39, 0.29) is 17.0 Å². The Morgan fingerprint density at radius 3 is 2.94 bits per heavy atom. The van der Waals surface area contributed by atoms with Crippen molar-refractivity contribution in [2.45, 2.75) is 24.8 Å². The van der Waals surface area contributed by atoms with Gasteiger partial charge in [0.1, 0.15) is 0 Å². The van der Waals surface area contributed by atoms with Gasteiger partial charge in [0, 0.05) is 28.3 Å². The number of hydrogen-bond donors (Lipinski definition) is 0. The summed E-state index contributed by atoms with van der Waals surface area (Å²) in [6.45, 7) is 2.53. The van der Waals surface area contributed by atoms with Crippen LogP contribution in [-0.4, -0.2) is 18.0 Å². The fraction of sp³-hybridized carbons (Fsp3) is 0.429. The molecule has 0 aromatic carbocycles. The zero-order chi connectivity index (χ0) is 11.2. The van der Waals surface area contributed by atoms with Gasteiger partial charge < -0.3 is 0 Å². The van der Waals surface area contributed by atoms with Gasteiger partial charge >= 0.3 is 0 Å². The minimum Gasteiger partial charge on any atom is -0.295 e. The predicted molar refractivity (Wildman–Crippen MR) is 84.4 cm³/mol. The maximum atomic E-state index is 2.69. The Hall–Kier alpha value is -0.160. The van der Waals surface area contributed by atoms with E-state index in [1.165, 1.54) is 25.9 Å². The zero-order valence-corrected chi connectivity index (χ0v) is 13.4. The van der Waals surface area contributed by atoms with E-state index >= 15 is 0 Å². The Balaban J connectivity index is 0.000001000. The molecule has 0 spiro atoms. The molecule has 2 aromatic rings. The van der Waals surface area contributed by atoms with Crippen molar-refractivity contribution in [2.75, 3.05) is 13.1 Å². The van der Waals surface area contributed by atoms with Crippen molar-refractivity contribution < 1.29 is 0 Å². The smallest absolute Gasteiger partial charge is 0.0408 e. The lowest BCUT2D eigenvalue weighted by molar-refractivity contribution is 0.233. The Morgan fingerprint density at radius 2 is 2.11 bits per heavy atom. The summed E-state index contributed by atoms with van der Waals surface area (Å²) in [7, 11) is 0. The monoisotopic (exact) mass is 341 g/mol. The third kappa shape index (κ3) is 1.90. The molecule has 2 aromatic heterocycles. The number of rotatable bonds is 1. The molecule has 4 heteroatoms. The Labute approximate surface area is 126 Å². The molecular formula is C14H16BrNS2. The molecule has 0 unspecified atom stereocenters. The summed E-state index contributed by atoms with van der Waals surface area (Å²) >= 11 is 3.87. The van der Waals surface area contributed by atoms with E-state index in [0.29, 0.717) is 5.92 Å². The normalized spacial score (nSPS) is 26.4. The van der Waals surface area contributed by atoms with Gasteiger partial charge in [-0.2, -0.15) is 0 Å². The van der Waals surface area contributed by atoms with E-state index in [1.807, 2.05) is 22.7 Å². The van der Waals surface area contributed by atoms with E-state index in [1.54, 1.807) is 15.3 Å². The van der Waals surface area contributed by atoms with Gasteiger partial charge in [-0.05, 0) is 47.8 Å². The van der Waals surface area contributed by atoms with Crippen LogP contribution in [0.3, 0.4) is 0 Å². The van der Waals surface area contributed by atoms with Gasteiger partial charge in [-0.3, -0.25) is 4.90 Å². The van der Waals surface area contributed by atoms with Gasteiger partial charge in [0.25, 0.3) is 0 Å². The second kappa shape index (κ2) is 5.08. The highest BCUT2D eigenvalue weighted by molar-refractivity contribution is 8.93. The maximum absolute atomic E-state index is 2.69. The second-order valence-electron chi connectivity index (χ2n) is 4.96. The molecule has 1 nitrogen and oxygen atoms in total. The number of hydrogen-bond acceptors (Lipinski definition) is 3. The molecule has 2 atom stereocenters. The highest BCUT2D eigenvalue weighted by atomic mass is 79.9. The first-order chi connectivity index (χ1) is 8.43. The molecule has 0 radical (unpaired) electrons. The van der Waals surface area contributed by atoms with E-state index in [2.05, 4.69) is 33.9 Å². The number of thiophene rings is 2. The largest absolute Gasteiger partial charge is 0.295 e. The van der Waals surface area contributed by atoms with Gasteiger partial charge in [-0.15, -0.1) is 39.7 Å². The maximum Gasteiger partial charge on any atom is 0.0408 e. The number of fused-ring (bicyclic) bond motifs is 3. The standard InChI is InChI=1S/C14H15NS2.BrH/c1-3-12-10-5-8-17-14(10)11(9-15(12)6-1)13-4-2-7-16-13;/h2,4-5,7-8,11-12H,1,3,6,9H2;1H/t11-,12-;/m0./s1. The zero-order valence-electron chi connectivity index (χ0n) is 10.0. The molecule has 4 heterocycles. The van der Waals surface area contributed by atoms with Crippen LogP contribution in [-0.2, 0) is 0 Å². The lowest BCUT2D eigenvalue weighted by Crippen LogP contribution is -2.33. The molecule has 0 saturated carbocycles. The number of nitrogens with zero attached hydrogens (tertiary/aromatic N) is 1. The first-order valence-electron chi connectivity index (χ1n) is 6.28. The minimum absolute atomic E-state index is 0. The summed E-state index contributed by atoms with van der Waals surface area (Å²) in [5, 5.41) is 4.49.